The fourth-order valence-electron chi connectivity index (χ4n) is 3.61. The van der Waals surface area contributed by atoms with Gasteiger partial charge in [-0.25, -0.2) is 0 Å². The van der Waals surface area contributed by atoms with Gasteiger partial charge in [-0.05, 0) is 50.6 Å². The number of nitrogens with one attached hydrogen (secondary N) is 1. The number of likely N-dealkylation sites (N-methyl/N-ethyl adjacent to an activating group) is 1. The molecule has 4 heteroatoms. The molecule has 1 aromatic rings. The van der Waals surface area contributed by atoms with E-state index in [1.807, 2.05) is 13.3 Å². The summed E-state index contributed by atoms with van der Waals surface area (Å²) in [5, 5.41) is 8.18. The molecule has 1 unspecified atom stereocenters. The van der Waals surface area contributed by atoms with Crippen LogP contribution >= 0.6 is 0 Å². The Balaban J connectivity index is 2.29. The van der Waals surface area contributed by atoms with Crippen LogP contribution in [0.2, 0.25) is 0 Å². The van der Waals surface area contributed by atoms with E-state index in [0.29, 0.717) is 0 Å². The minimum atomic E-state index is -0.0892. The largest absolute Gasteiger partial charge is 0.376 e. The zero-order valence-corrected chi connectivity index (χ0v) is 14.1. The van der Waals surface area contributed by atoms with E-state index in [1.165, 1.54) is 18.5 Å². The van der Waals surface area contributed by atoms with Crippen molar-refractivity contribution in [1.29, 1.82) is 0 Å². The lowest BCUT2D eigenvalue weighted by Crippen LogP contribution is -2.48. The van der Waals surface area contributed by atoms with Gasteiger partial charge in [0.25, 0.3) is 0 Å². The molecule has 2 rings (SSSR count). The van der Waals surface area contributed by atoms with Crippen LogP contribution in [0, 0.1) is 5.92 Å². The Morgan fingerprint density at radius 1 is 1.43 bits per heavy atom. The highest BCUT2D eigenvalue weighted by molar-refractivity contribution is 5.14. The average Bonchev–Trinajstić information content (AvgIpc) is 2.95. The molecule has 21 heavy (non-hydrogen) atoms. The number of rotatable bonds is 7. The van der Waals surface area contributed by atoms with Crippen LogP contribution in [0.3, 0.4) is 0 Å². The Bertz CT molecular complexity index is 421. The second-order valence-electron chi connectivity index (χ2n) is 6.42. The Hall–Kier alpha value is -0.870. The lowest BCUT2D eigenvalue weighted by Gasteiger charge is -2.44. The van der Waals surface area contributed by atoms with E-state index in [0.717, 1.165) is 38.3 Å². The molecule has 1 N–H and O–H groups in total. The monoisotopic (exact) mass is 293 g/mol. The van der Waals surface area contributed by atoms with Crippen molar-refractivity contribution in [2.24, 2.45) is 5.92 Å². The maximum Gasteiger partial charge on any atom is 0.0887 e. The zero-order valence-electron chi connectivity index (χ0n) is 14.1. The van der Waals surface area contributed by atoms with E-state index < -0.39 is 0 Å². The van der Waals surface area contributed by atoms with Crippen molar-refractivity contribution in [3.8, 4) is 0 Å². The zero-order chi connectivity index (χ0) is 15.3. The van der Waals surface area contributed by atoms with Crippen LogP contribution in [0.1, 0.15) is 64.6 Å². The highest BCUT2D eigenvalue weighted by atomic mass is 16.5. The van der Waals surface area contributed by atoms with Gasteiger partial charge in [-0.1, -0.05) is 20.8 Å². The van der Waals surface area contributed by atoms with Gasteiger partial charge in [0, 0.05) is 19.9 Å². The molecule has 1 aliphatic rings. The third-order valence-corrected chi connectivity index (χ3v) is 4.94. The molecule has 1 aromatic heterocycles. The Morgan fingerprint density at radius 2 is 2.14 bits per heavy atom. The topological polar surface area (TPSA) is 39.1 Å². The van der Waals surface area contributed by atoms with Crippen LogP contribution in [-0.4, -0.2) is 29.0 Å². The summed E-state index contributed by atoms with van der Waals surface area (Å²) >= 11 is 0. The normalized spacial score (nSPS) is 27.7. The first-order valence-electron chi connectivity index (χ1n) is 8.47. The maximum atomic E-state index is 6.10. The predicted octanol–water partition coefficient (Wildman–Crippen LogP) is 3.54. The molecule has 1 heterocycles. The van der Waals surface area contributed by atoms with E-state index in [4.69, 9.17) is 4.74 Å². The van der Waals surface area contributed by atoms with Crippen molar-refractivity contribution in [3.63, 3.8) is 0 Å². The lowest BCUT2D eigenvalue weighted by molar-refractivity contribution is -0.0775. The standard InChI is InChI=1S/C17H31N3O/c1-5-13-20-15(9-12-19-20)16(18-6-2)17(21-4)10-7-14(3)8-11-17/h9,12,14,16,18H,5-8,10-11,13H2,1-4H3. The van der Waals surface area contributed by atoms with Crippen molar-refractivity contribution in [2.75, 3.05) is 13.7 Å². The summed E-state index contributed by atoms with van der Waals surface area (Å²) in [4.78, 5) is 0. The summed E-state index contributed by atoms with van der Waals surface area (Å²) in [6.07, 6.45) is 7.77. The summed E-state index contributed by atoms with van der Waals surface area (Å²) in [7, 11) is 1.88. The fourth-order valence-corrected chi connectivity index (χ4v) is 3.61. The summed E-state index contributed by atoms with van der Waals surface area (Å²) in [5.74, 6) is 0.816. The van der Waals surface area contributed by atoms with Crippen LogP contribution in [0.4, 0.5) is 0 Å². The van der Waals surface area contributed by atoms with Gasteiger partial charge in [0.15, 0.2) is 0 Å². The number of nitrogens with zero attached hydrogens (tertiary/aromatic N) is 2. The summed E-state index contributed by atoms with van der Waals surface area (Å²) < 4.78 is 8.24. The number of aryl methyl sites for hydroxylation is 1. The van der Waals surface area contributed by atoms with Crippen LogP contribution < -0.4 is 5.32 Å². The van der Waals surface area contributed by atoms with E-state index in [1.54, 1.807) is 0 Å². The van der Waals surface area contributed by atoms with Gasteiger partial charge in [0.2, 0.25) is 0 Å². The molecule has 0 spiro atoms. The van der Waals surface area contributed by atoms with Crippen molar-refractivity contribution >= 4 is 0 Å². The molecule has 0 amide bonds. The number of ether oxygens (including phenoxy) is 1. The first-order chi connectivity index (χ1) is 10.2. The molecule has 1 aliphatic carbocycles. The van der Waals surface area contributed by atoms with Crippen molar-refractivity contribution < 1.29 is 4.74 Å². The van der Waals surface area contributed by atoms with E-state index in [-0.39, 0.29) is 11.6 Å². The highest BCUT2D eigenvalue weighted by Crippen LogP contribution is 2.42. The Labute approximate surface area is 129 Å². The van der Waals surface area contributed by atoms with Gasteiger partial charge < -0.3 is 10.1 Å². The predicted molar refractivity (Wildman–Crippen MR) is 86.3 cm³/mol. The SMILES string of the molecule is CCCn1nccc1C(NCC)C1(OC)CCC(C)CC1. The minimum absolute atomic E-state index is 0.0892. The summed E-state index contributed by atoms with van der Waals surface area (Å²) in [6, 6.07) is 2.39. The molecule has 120 valence electrons. The molecular formula is C17H31N3O. The quantitative estimate of drug-likeness (QED) is 0.836. The van der Waals surface area contributed by atoms with Gasteiger partial charge in [-0.2, -0.15) is 5.10 Å². The number of aromatic nitrogens is 2. The van der Waals surface area contributed by atoms with Crippen molar-refractivity contribution in [3.05, 3.63) is 18.0 Å². The molecule has 0 saturated heterocycles. The summed E-state index contributed by atoms with van der Waals surface area (Å²) in [5.41, 5.74) is 1.18. The van der Waals surface area contributed by atoms with Crippen LogP contribution in [0.5, 0.6) is 0 Å². The minimum Gasteiger partial charge on any atom is -0.376 e. The van der Waals surface area contributed by atoms with Gasteiger partial charge in [0.05, 0.1) is 17.3 Å². The van der Waals surface area contributed by atoms with Gasteiger partial charge in [-0.15, -0.1) is 0 Å². The molecule has 0 aromatic carbocycles. The van der Waals surface area contributed by atoms with Gasteiger partial charge >= 0.3 is 0 Å². The molecule has 0 radical (unpaired) electrons. The highest BCUT2D eigenvalue weighted by Gasteiger charge is 2.43. The van der Waals surface area contributed by atoms with E-state index in [9.17, 15) is 0 Å². The van der Waals surface area contributed by atoms with E-state index >= 15 is 0 Å². The first-order valence-corrected chi connectivity index (χ1v) is 8.47. The van der Waals surface area contributed by atoms with Crippen molar-refractivity contribution in [2.45, 2.75) is 71.1 Å². The third-order valence-electron chi connectivity index (χ3n) is 4.94. The smallest absolute Gasteiger partial charge is 0.0887 e. The van der Waals surface area contributed by atoms with Crippen molar-refractivity contribution in [1.82, 2.24) is 15.1 Å². The molecule has 1 saturated carbocycles. The van der Waals surface area contributed by atoms with Gasteiger partial charge in [0.1, 0.15) is 0 Å². The first kappa shape index (κ1) is 16.5. The van der Waals surface area contributed by atoms with E-state index in [2.05, 4.69) is 41.9 Å². The number of methoxy groups -OCH3 is 1. The third kappa shape index (κ3) is 3.49. The Morgan fingerprint density at radius 3 is 2.71 bits per heavy atom. The molecule has 0 aliphatic heterocycles. The number of hydrogen-bond acceptors (Lipinski definition) is 3. The van der Waals surface area contributed by atoms with Crippen LogP contribution in [-0.2, 0) is 11.3 Å². The van der Waals surface area contributed by atoms with Crippen LogP contribution in [0.25, 0.3) is 0 Å². The second-order valence-corrected chi connectivity index (χ2v) is 6.42. The number of hydrogen-bond donors (Lipinski definition) is 1. The Kier molecular flexibility index (Phi) is 5.82. The van der Waals surface area contributed by atoms with Crippen LogP contribution in [0.15, 0.2) is 12.3 Å². The lowest BCUT2D eigenvalue weighted by atomic mass is 9.74. The second kappa shape index (κ2) is 7.41. The van der Waals surface area contributed by atoms with Gasteiger partial charge in [-0.3, -0.25) is 4.68 Å². The summed E-state index contributed by atoms with van der Waals surface area (Å²) in [6.45, 7) is 8.64. The fraction of sp³-hybridized carbons (Fsp3) is 0.824. The molecular weight excluding hydrogens is 262 g/mol. The molecule has 1 fully saturated rings. The molecule has 0 bridgehead atoms. The maximum absolute atomic E-state index is 6.10. The molecule has 1 atom stereocenters. The molecule has 4 nitrogen and oxygen atoms in total. The average molecular weight is 293 g/mol.